The van der Waals surface area contributed by atoms with Gasteiger partial charge in [-0.05, 0) is 37.3 Å². The molecule has 22 heavy (non-hydrogen) atoms. The molecule has 0 atom stereocenters. The van der Waals surface area contributed by atoms with E-state index in [9.17, 15) is 0 Å². The monoisotopic (exact) mass is 300 g/mol. The van der Waals surface area contributed by atoms with Crippen molar-refractivity contribution < 1.29 is 4.74 Å². The number of rotatable bonds is 5. The second kappa shape index (κ2) is 8.93. The van der Waals surface area contributed by atoms with E-state index in [1.54, 1.807) is 13.2 Å². The average Bonchev–Trinajstić information content (AvgIpc) is 2.56. The molecule has 1 aliphatic carbocycles. The first-order valence-electron chi connectivity index (χ1n) is 7.81. The molecule has 0 saturated heterocycles. The van der Waals surface area contributed by atoms with Gasteiger partial charge in [-0.3, -0.25) is 4.99 Å². The lowest BCUT2D eigenvalue weighted by molar-refractivity contribution is 0.148. The number of hydrogen-bond acceptors (Lipinski definition) is 3. The summed E-state index contributed by atoms with van der Waals surface area (Å²) in [6, 6.07) is 3.95. The van der Waals surface area contributed by atoms with E-state index >= 15 is 0 Å². The summed E-state index contributed by atoms with van der Waals surface area (Å²) in [7, 11) is 1.72. The first-order chi connectivity index (χ1) is 10.8. The number of nitrogens with zero attached hydrogens (tertiary/aromatic N) is 2. The lowest BCUT2D eigenvalue weighted by Crippen LogP contribution is -2.36. The fraction of sp³-hybridized carbons (Fsp3) is 0.529. The maximum absolute atomic E-state index is 5.98. The Morgan fingerprint density at radius 3 is 2.95 bits per heavy atom. The van der Waals surface area contributed by atoms with Crippen LogP contribution >= 0.6 is 0 Å². The Bertz CT molecular complexity index is 530. The number of guanidine groups is 1. The second-order valence-electron chi connectivity index (χ2n) is 5.36. The minimum atomic E-state index is 0.314. The third-order valence-electron chi connectivity index (χ3n) is 3.68. The Labute approximate surface area is 132 Å². The van der Waals surface area contributed by atoms with E-state index in [2.05, 4.69) is 26.5 Å². The summed E-state index contributed by atoms with van der Waals surface area (Å²) in [5.41, 5.74) is 1.10. The molecular formula is C17H24N4O. The zero-order valence-electron chi connectivity index (χ0n) is 13.1. The van der Waals surface area contributed by atoms with Crippen LogP contribution in [0.1, 0.15) is 37.7 Å². The normalized spacial score (nSPS) is 15.9. The van der Waals surface area contributed by atoms with Crippen LogP contribution in [0.4, 0.5) is 0 Å². The number of aliphatic imine (C=N–C) groups is 1. The minimum absolute atomic E-state index is 0.314. The molecule has 5 nitrogen and oxygen atoms in total. The largest absolute Gasteiger partial charge is 0.474 e. The number of ether oxygens (including phenoxy) is 1. The Kier molecular flexibility index (Phi) is 6.56. The summed E-state index contributed by atoms with van der Waals surface area (Å²) in [5.74, 6) is 3.91. The number of aromatic nitrogens is 1. The van der Waals surface area contributed by atoms with Crippen molar-refractivity contribution in [3.63, 3.8) is 0 Å². The van der Waals surface area contributed by atoms with Crippen LogP contribution in [0.15, 0.2) is 23.3 Å². The van der Waals surface area contributed by atoms with Crippen LogP contribution in [0, 0.1) is 12.3 Å². The van der Waals surface area contributed by atoms with Crippen molar-refractivity contribution >= 4 is 5.96 Å². The summed E-state index contributed by atoms with van der Waals surface area (Å²) in [6.45, 7) is 1.10. The van der Waals surface area contributed by atoms with Gasteiger partial charge in [0.25, 0.3) is 0 Å². The molecule has 2 N–H and O–H groups in total. The van der Waals surface area contributed by atoms with Gasteiger partial charge in [-0.1, -0.05) is 12.3 Å². The van der Waals surface area contributed by atoms with E-state index in [0.717, 1.165) is 18.4 Å². The van der Waals surface area contributed by atoms with E-state index in [1.807, 2.05) is 12.1 Å². The van der Waals surface area contributed by atoms with Gasteiger partial charge >= 0.3 is 0 Å². The molecule has 5 heteroatoms. The van der Waals surface area contributed by atoms with E-state index < -0.39 is 0 Å². The molecule has 1 saturated carbocycles. The molecule has 0 radical (unpaired) electrons. The van der Waals surface area contributed by atoms with Gasteiger partial charge in [0.15, 0.2) is 5.96 Å². The molecule has 2 rings (SSSR count). The SMILES string of the molecule is C#CCNC(=NC)NCc1ccnc(OC2CCCCC2)c1. The highest BCUT2D eigenvalue weighted by molar-refractivity contribution is 5.79. The number of hydrogen-bond donors (Lipinski definition) is 2. The Morgan fingerprint density at radius 2 is 2.23 bits per heavy atom. The number of pyridine rings is 1. The molecule has 0 amide bonds. The minimum Gasteiger partial charge on any atom is -0.474 e. The van der Waals surface area contributed by atoms with Gasteiger partial charge in [-0.25, -0.2) is 4.98 Å². The van der Waals surface area contributed by atoms with Gasteiger partial charge in [0.05, 0.1) is 6.54 Å². The fourth-order valence-electron chi connectivity index (χ4n) is 2.52. The van der Waals surface area contributed by atoms with Crippen LogP contribution in [0.25, 0.3) is 0 Å². The third-order valence-corrected chi connectivity index (χ3v) is 3.68. The molecule has 0 aliphatic heterocycles. The van der Waals surface area contributed by atoms with Crippen molar-refractivity contribution in [3.05, 3.63) is 23.9 Å². The standard InChI is InChI=1S/C17H24N4O/c1-3-10-20-17(18-2)21-13-14-9-11-19-16(12-14)22-15-7-5-4-6-8-15/h1,9,11-12,15H,4-8,10,13H2,2H3,(H2,18,20,21). The van der Waals surface area contributed by atoms with Crippen LogP contribution in [0.2, 0.25) is 0 Å². The maximum atomic E-state index is 5.98. The van der Waals surface area contributed by atoms with Crippen molar-refractivity contribution in [2.45, 2.75) is 44.8 Å². The van der Waals surface area contributed by atoms with Gasteiger partial charge in [0.1, 0.15) is 6.10 Å². The molecule has 118 valence electrons. The first-order valence-corrected chi connectivity index (χ1v) is 7.81. The lowest BCUT2D eigenvalue weighted by Gasteiger charge is -2.22. The molecular weight excluding hydrogens is 276 g/mol. The molecule has 1 aliphatic rings. The average molecular weight is 300 g/mol. The molecule has 0 unspecified atom stereocenters. The summed E-state index contributed by atoms with van der Waals surface area (Å²) >= 11 is 0. The van der Waals surface area contributed by atoms with Gasteiger partial charge in [-0.15, -0.1) is 6.42 Å². The molecule has 0 spiro atoms. The predicted octanol–water partition coefficient (Wildman–Crippen LogP) is 2.09. The van der Waals surface area contributed by atoms with Crippen molar-refractivity contribution in [1.82, 2.24) is 15.6 Å². The number of terminal acetylenes is 1. The summed E-state index contributed by atoms with van der Waals surface area (Å²) < 4.78 is 5.98. The van der Waals surface area contributed by atoms with Crippen molar-refractivity contribution in [3.8, 4) is 18.2 Å². The van der Waals surface area contributed by atoms with Gasteiger partial charge in [0.2, 0.25) is 5.88 Å². The van der Waals surface area contributed by atoms with E-state index in [0.29, 0.717) is 31.0 Å². The van der Waals surface area contributed by atoms with Gasteiger partial charge in [0, 0.05) is 25.9 Å². The highest BCUT2D eigenvalue weighted by Crippen LogP contribution is 2.22. The van der Waals surface area contributed by atoms with E-state index in [1.165, 1.54) is 19.3 Å². The zero-order valence-corrected chi connectivity index (χ0v) is 13.1. The molecule has 1 aromatic rings. The first kappa shape index (κ1) is 16.2. The molecule has 1 heterocycles. The lowest BCUT2D eigenvalue weighted by atomic mass is 9.98. The highest BCUT2D eigenvalue weighted by atomic mass is 16.5. The molecule has 1 aromatic heterocycles. The van der Waals surface area contributed by atoms with Crippen molar-refractivity contribution in [2.75, 3.05) is 13.6 Å². The summed E-state index contributed by atoms with van der Waals surface area (Å²) in [4.78, 5) is 8.42. The smallest absolute Gasteiger partial charge is 0.213 e. The van der Waals surface area contributed by atoms with Crippen LogP contribution < -0.4 is 15.4 Å². The van der Waals surface area contributed by atoms with Crippen LogP contribution in [-0.4, -0.2) is 30.6 Å². The summed E-state index contributed by atoms with van der Waals surface area (Å²) in [5, 5.41) is 6.24. The maximum Gasteiger partial charge on any atom is 0.213 e. The van der Waals surface area contributed by atoms with Gasteiger partial charge < -0.3 is 15.4 Å². The topological polar surface area (TPSA) is 58.5 Å². The van der Waals surface area contributed by atoms with Crippen molar-refractivity contribution in [1.29, 1.82) is 0 Å². The third kappa shape index (κ3) is 5.28. The van der Waals surface area contributed by atoms with Crippen LogP contribution in [0.5, 0.6) is 5.88 Å². The van der Waals surface area contributed by atoms with E-state index in [-0.39, 0.29) is 0 Å². The predicted molar refractivity (Wildman–Crippen MR) is 88.8 cm³/mol. The van der Waals surface area contributed by atoms with E-state index in [4.69, 9.17) is 11.2 Å². The molecule has 1 fully saturated rings. The Balaban J connectivity index is 1.86. The second-order valence-corrected chi connectivity index (χ2v) is 5.36. The zero-order chi connectivity index (χ0) is 15.6. The number of nitrogens with one attached hydrogen (secondary N) is 2. The van der Waals surface area contributed by atoms with Crippen LogP contribution in [0.3, 0.4) is 0 Å². The van der Waals surface area contributed by atoms with Gasteiger partial charge in [-0.2, -0.15) is 0 Å². The fourth-order valence-corrected chi connectivity index (χ4v) is 2.52. The summed E-state index contributed by atoms with van der Waals surface area (Å²) in [6.07, 6.45) is 13.4. The Morgan fingerprint density at radius 1 is 1.41 bits per heavy atom. The highest BCUT2D eigenvalue weighted by Gasteiger charge is 2.15. The molecule has 0 aromatic carbocycles. The quantitative estimate of drug-likeness (QED) is 0.497. The van der Waals surface area contributed by atoms with Crippen LogP contribution in [-0.2, 0) is 6.54 Å². The Hall–Kier alpha value is -2.22. The van der Waals surface area contributed by atoms with Crippen molar-refractivity contribution in [2.24, 2.45) is 4.99 Å². The molecule has 0 bridgehead atoms.